The molecule has 0 amide bonds. The van der Waals surface area contributed by atoms with Crippen molar-refractivity contribution in [2.45, 2.75) is 6.92 Å². The lowest BCUT2D eigenvalue weighted by Gasteiger charge is -1.90. The minimum absolute atomic E-state index is 0. The van der Waals surface area contributed by atoms with E-state index in [-0.39, 0.29) is 1.43 Å². The first kappa shape index (κ1) is 5.47. The Hall–Kier alpha value is -0.530. The van der Waals surface area contributed by atoms with Gasteiger partial charge in [0.1, 0.15) is 0 Å². The Morgan fingerprint density at radius 1 is 1.83 bits per heavy atom. The zero-order valence-corrected chi connectivity index (χ0v) is 4.45. The van der Waals surface area contributed by atoms with E-state index in [0.717, 1.165) is 5.84 Å². The van der Waals surface area contributed by atoms with Gasteiger partial charge in [-0.25, -0.2) is 0 Å². The van der Waals surface area contributed by atoms with E-state index in [0.29, 0.717) is 0 Å². The van der Waals surface area contributed by atoms with E-state index in [4.69, 9.17) is 0 Å². The molecule has 0 heterocycles. The summed E-state index contributed by atoms with van der Waals surface area (Å²) in [4.78, 5) is 3.81. The molecule has 0 radical (unpaired) electrons. The highest BCUT2D eigenvalue weighted by molar-refractivity contribution is 5.78. The van der Waals surface area contributed by atoms with Crippen LogP contribution in [0.3, 0.4) is 0 Å². The monoisotopic (exact) mass is 88.1 g/mol. The predicted molar refractivity (Wildman–Crippen MR) is 30.2 cm³/mol. The molecule has 0 atom stereocenters. The maximum Gasteiger partial charge on any atom is 0.0925 e. The van der Waals surface area contributed by atoms with E-state index >= 15 is 0 Å². The number of nitrogens with zero attached hydrogens (tertiary/aromatic N) is 1. The number of hydrogen-bond acceptors (Lipinski definition) is 1. The summed E-state index contributed by atoms with van der Waals surface area (Å²) in [7, 11) is 3.61. The summed E-state index contributed by atoms with van der Waals surface area (Å²) in [6.07, 6.45) is 0. The fraction of sp³-hybridized carbons (Fsp3) is 0.750. The number of amidine groups is 1. The summed E-state index contributed by atoms with van der Waals surface area (Å²) in [5.41, 5.74) is 0. The molecule has 0 saturated heterocycles. The van der Waals surface area contributed by atoms with E-state index in [1.807, 2.05) is 14.0 Å². The lowest BCUT2D eigenvalue weighted by molar-refractivity contribution is 1.14. The molecule has 0 spiro atoms. The third kappa shape index (κ3) is 1.76. The lowest BCUT2D eigenvalue weighted by Crippen LogP contribution is -2.12. The Balaban J connectivity index is 0. The molecular formula is C4H12N2. The van der Waals surface area contributed by atoms with Crippen LogP contribution < -0.4 is 5.32 Å². The highest BCUT2D eigenvalue weighted by Gasteiger charge is 1.71. The number of rotatable bonds is 0. The van der Waals surface area contributed by atoms with E-state index in [2.05, 4.69) is 10.3 Å². The van der Waals surface area contributed by atoms with Crippen LogP contribution in [0.15, 0.2) is 4.99 Å². The third-order valence-electron chi connectivity index (χ3n) is 0.697. The minimum atomic E-state index is 0. The predicted octanol–water partition coefficient (Wildman–Crippen LogP) is 0.500. The Morgan fingerprint density at radius 3 is 2.33 bits per heavy atom. The van der Waals surface area contributed by atoms with Crippen LogP contribution >= 0.6 is 0 Å². The maximum atomic E-state index is 3.81. The van der Waals surface area contributed by atoms with Crippen molar-refractivity contribution < 1.29 is 1.43 Å². The maximum absolute atomic E-state index is 3.81. The molecule has 2 heteroatoms. The zero-order valence-electron chi connectivity index (χ0n) is 4.45. The normalized spacial score (nSPS) is 11.5. The van der Waals surface area contributed by atoms with Crippen LogP contribution in [-0.4, -0.2) is 19.9 Å². The molecule has 6 heavy (non-hydrogen) atoms. The zero-order chi connectivity index (χ0) is 4.99. The van der Waals surface area contributed by atoms with Crippen LogP contribution in [0.4, 0.5) is 0 Å². The summed E-state index contributed by atoms with van der Waals surface area (Å²) in [5.74, 6) is 0.968. The Bertz CT molecular complexity index is 60.7. The second-order valence-corrected chi connectivity index (χ2v) is 1.06. The summed E-state index contributed by atoms with van der Waals surface area (Å²) < 4.78 is 0. The van der Waals surface area contributed by atoms with Crippen molar-refractivity contribution in [2.24, 2.45) is 4.99 Å². The van der Waals surface area contributed by atoms with Crippen molar-refractivity contribution in [1.29, 1.82) is 0 Å². The SMILES string of the molecule is CN=C(C)NC.[HH]. The standard InChI is InChI=1S/C4H10N2.H2/c1-4(5-2)6-3;/h1-3H3,(H,5,6);1H. The smallest absolute Gasteiger partial charge is 0.0925 e. The van der Waals surface area contributed by atoms with Crippen LogP contribution in [-0.2, 0) is 0 Å². The molecule has 0 aliphatic rings. The summed E-state index contributed by atoms with van der Waals surface area (Å²) in [6.45, 7) is 1.92. The lowest BCUT2D eigenvalue weighted by atomic mass is 10.7. The van der Waals surface area contributed by atoms with Crippen molar-refractivity contribution >= 4 is 5.84 Å². The molecule has 0 rings (SSSR count). The molecule has 0 saturated carbocycles. The quantitative estimate of drug-likeness (QED) is 0.338. The topological polar surface area (TPSA) is 24.4 Å². The minimum Gasteiger partial charge on any atom is -0.377 e. The van der Waals surface area contributed by atoms with Crippen LogP contribution in [0.2, 0.25) is 0 Å². The van der Waals surface area contributed by atoms with Crippen molar-refractivity contribution in [3.63, 3.8) is 0 Å². The van der Waals surface area contributed by atoms with E-state index in [9.17, 15) is 0 Å². The van der Waals surface area contributed by atoms with Crippen molar-refractivity contribution in [3.8, 4) is 0 Å². The highest BCUT2D eigenvalue weighted by Crippen LogP contribution is 1.59. The van der Waals surface area contributed by atoms with Gasteiger partial charge in [-0.05, 0) is 6.92 Å². The van der Waals surface area contributed by atoms with Crippen LogP contribution in [0.5, 0.6) is 0 Å². The van der Waals surface area contributed by atoms with Crippen molar-refractivity contribution in [1.82, 2.24) is 5.32 Å². The molecule has 0 bridgehead atoms. The van der Waals surface area contributed by atoms with Gasteiger partial charge < -0.3 is 5.32 Å². The van der Waals surface area contributed by atoms with Gasteiger partial charge >= 0.3 is 0 Å². The first-order valence-electron chi connectivity index (χ1n) is 1.92. The van der Waals surface area contributed by atoms with Gasteiger partial charge in [0.05, 0.1) is 5.84 Å². The number of hydrogen-bond donors (Lipinski definition) is 1. The average molecular weight is 88.2 g/mol. The van der Waals surface area contributed by atoms with Gasteiger partial charge in [-0.15, -0.1) is 0 Å². The fourth-order valence-electron chi connectivity index (χ4n) is 0.112. The Labute approximate surface area is 39.8 Å². The molecule has 1 N–H and O–H groups in total. The molecule has 0 aromatic carbocycles. The van der Waals surface area contributed by atoms with E-state index in [1.54, 1.807) is 7.05 Å². The van der Waals surface area contributed by atoms with Crippen LogP contribution in [0.1, 0.15) is 8.35 Å². The van der Waals surface area contributed by atoms with Gasteiger partial charge in [0.25, 0.3) is 0 Å². The molecule has 0 unspecified atom stereocenters. The molecule has 0 aliphatic carbocycles. The van der Waals surface area contributed by atoms with Crippen LogP contribution in [0.25, 0.3) is 0 Å². The van der Waals surface area contributed by atoms with Gasteiger partial charge in [-0.3, -0.25) is 4.99 Å². The Morgan fingerprint density at radius 2 is 2.33 bits per heavy atom. The Kier molecular flexibility index (Phi) is 2.46. The van der Waals surface area contributed by atoms with Crippen molar-refractivity contribution in [3.05, 3.63) is 0 Å². The van der Waals surface area contributed by atoms with Crippen molar-refractivity contribution in [2.75, 3.05) is 14.1 Å². The second kappa shape index (κ2) is 2.69. The van der Waals surface area contributed by atoms with Gasteiger partial charge in [-0.1, -0.05) is 0 Å². The number of nitrogens with one attached hydrogen (secondary N) is 1. The first-order valence-corrected chi connectivity index (χ1v) is 1.92. The van der Waals surface area contributed by atoms with Gasteiger partial charge in [0.2, 0.25) is 0 Å². The van der Waals surface area contributed by atoms with Gasteiger partial charge in [-0.2, -0.15) is 0 Å². The molecule has 0 aromatic rings. The van der Waals surface area contributed by atoms with E-state index in [1.165, 1.54) is 0 Å². The summed E-state index contributed by atoms with van der Waals surface area (Å²) in [5, 5.41) is 2.86. The molecule has 38 valence electrons. The molecular weight excluding hydrogens is 76.1 g/mol. The molecule has 0 aliphatic heterocycles. The molecule has 2 nitrogen and oxygen atoms in total. The average Bonchev–Trinajstić information content (AvgIpc) is 1.65. The van der Waals surface area contributed by atoms with E-state index < -0.39 is 0 Å². The summed E-state index contributed by atoms with van der Waals surface area (Å²) >= 11 is 0. The largest absolute Gasteiger partial charge is 0.377 e. The first-order chi connectivity index (χ1) is 2.81. The van der Waals surface area contributed by atoms with Gasteiger partial charge in [0, 0.05) is 15.5 Å². The highest BCUT2D eigenvalue weighted by atomic mass is 14.9. The fourth-order valence-corrected chi connectivity index (χ4v) is 0.112. The van der Waals surface area contributed by atoms with Gasteiger partial charge in [0.15, 0.2) is 0 Å². The molecule has 0 aromatic heterocycles. The second-order valence-electron chi connectivity index (χ2n) is 1.06. The molecule has 0 fully saturated rings. The van der Waals surface area contributed by atoms with Crippen LogP contribution in [0, 0.1) is 0 Å². The summed E-state index contributed by atoms with van der Waals surface area (Å²) in [6, 6.07) is 0. The number of aliphatic imine (C=N–C) groups is 1. The third-order valence-corrected chi connectivity index (χ3v) is 0.697.